The molecule has 2 saturated carbocycles. The van der Waals surface area contributed by atoms with E-state index in [1.807, 2.05) is 29.0 Å². The first-order chi connectivity index (χ1) is 21.4. The summed E-state index contributed by atoms with van der Waals surface area (Å²) < 4.78 is 5.48. The van der Waals surface area contributed by atoms with Crippen LogP contribution in [0.2, 0.25) is 0 Å². The van der Waals surface area contributed by atoms with E-state index in [2.05, 4.69) is 33.3 Å². The summed E-state index contributed by atoms with van der Waals surface area (Å²) in [4.78, 5) is 54.8. The molecular formula is C31H51N7O6S. The monoisotopic (exact) mass is 649 g/mol. The van der Waals surface area contributed by atoms with E-state index in [1.54, 1.807) is 20.8 Å². The van der Waals surface area contributed by atoms with Gasteiger partial charge in [0.15, 0.2) is 0 Å². The van der Waals surface area contributed by atoms with E-state index < -0.39 is 41.2 Å². The average molecular weight is 650 g/mol. The number of fused-ring (bicyclic) bond motifs is 2. The first-order valence-electron chi connectivity index (χ1n) is 16.5. The lowest BCUT2D eigenvalue weighted by molar-refractivity contribution is -0.145. The second-order valence-electron chi connectivity index (χ2n) is 14.2. The molecule has 0 spiro atoms. The van der Waals surface area contributed by atoms with Gasteiger partial charge in [-0.05, 0) is 90.7 Å². The molecule has 0 aromatic rings. The van der Waals surface area contributed by atoms with Crippen molar-refractivity contribution in [1.29, 1.82) is 0 Å². The molecule has 45 heavy (non-hydrogen) atoms. The predicted molar refractivity (Wildman–Crippen MR) is 170 cm³/mol. The van der Waals surface area contributed by atoms with Gasteiger partial charge in [-0.25, -0.2) is 20.4 Å². The first-order valence-corrected chi connectivity index (χ1v) is 17.8. The molecule has 3 heterocycles. The normalized spacial score (nSPS) is 37.4. The minimum atomic E-state index is -1.37. The minimum absolute atomic E-state index is 0.0197. The number of carboxylic acids is 1. The van der Waals surface area contributed by atoms with Crippen LogP contribution in [-0.2, 0) is 19.1 Å². The lowest BCUT2D eigenvalue weighted by atomic mass is 9.87. The Bertz CT molecular complexity index is 1140. The number of nitrogens with zero attached hydrogens (tertiary/aromatic N) is 2. The molecule has 6 N–H and O–H groups in total. The molecule has 1 unspecified atom stereocenters. The van der Waals surface area contributed by atoms with Crippen molar-refractivity contribution in [3.05, 3.63) is 12.2 Å². The SMILES string of the molecule is CSC1CCC(C2NNN([C@@H]3C[C@H]4C(=O)N[C@@]5(C(=O)O)C[C@H]5/C=C\CCCCC[C@@H](NC(=O)OC(C)(C)C)C(=O)N4C3)N2)CC1. The largest absolute Gasteiger partial charge is 0.479 e. The number of carbonyl (C=O) groups is 4. The molecule has 5 rings (SSSR count). The third kappa shape index (κ3) is 8.13. The van der Waals surface area contributed by atoms with Crippen molar-refractivity contribution in [2.24, 2.45) is 11.8 Å². The van der Waals surface area contributed by atoms with Crippen LogP contribution in [0.4, 0.5) is 4.79 Å². The first kappa shape index (κ1) is 34.0. The molecule has 13 nitrogen and oxygen atoms in total. The summed E-state index contributed by atoms with van der Waals surface area (Å²) in [6.07, 6.45) is 14.2. The molecule has 0 radical (unpaired) electrons. The molecule has 3 amide bonds. The molecule has 6 atom stereocenters. The molecule has 5 aliphatic rings. The zero-order valence-electron chi connectivity index (χ0n) is 27.0. The number of amides is 3. The van der Waals surface area contributed by atoms with Gasteiger partial charge in [-0.3, -0.25) is 9.59 Å². The molecule has 2 saturated heterocycles. The number of ether oxygens (including phenoxy) is 1. The van der Waals surface area contributed by atoms with Crippen LogP contribution in [0.5, 0.6) is 0 Å². The van der Waals surface area contributed by atoms with Gasteiger partial charge in [0.1, 0.15) is 23.2 Å². The van der Waals surface area contributed by atoms with Gasteiger partial charge in [0.2, 0.25) is 11.8 Å². The predicted octanol–water partition coefficient (Wildman–Crippen LogP) is 2.41. The van der Waals surface area contributed by atoms with Crippen LogP contribution in [0, 0.1) is 11.8 Å². The summed E-state index contributed by atoms with van der Waals surface area (Å²) in [5.74, 6) is -1.78. The number of hydrogen-bond donors (Lipinski definition) is 6. The van der Waals surface area contributed by atoms with Crippen LogP contribution in [0.3, 0.4) is 0 Å². The van der Waals surface area contributed by atoms with Crippen LogP contribution in [0.1, 0.15) is 91.4 Å². The number of allylic oxidation sites excluding steroid dienone is 1. The maximum absolute atomic E-state index is 14.2. The highest BCUT2D eigenvalue weighted by molar-refractivity contribution is 7.99. The van der Waals surface area contributed by atoms with Crippen LogP contribution >= 0.6 is 11.8 Å². The standard InChI is InChI=1S/C31H51N7O6S/c1-30(2,3)44-29(43)32-23-11-9-7-5-6-8-10-20-17-31(20,28(41)42)33-26(39)24-16-21(18-37(24)27(23)40)38-35-25(34-36-38)19-12-14-22(45-4)15-13-19/h8,10,19-25,34-36H,5-7,9,11-18H2,1-4H3,(H,32,43)(H,33,39)(H,41,42)/b10-8-/t19?,20-,21-,22?,23-,24+,25?,31+/m1/s1. The number of carbonyl (C=O) groups excluding carboxylic acids is 3. The lowest BCUT2D eigenvalue weighted by Crippen LogP contribution is -2.56. The Morgan fingerprint density at radius 2 is 1.87 bits per heavy atom. The van der Waals surface area contributed by atoms with Crippen LogP contribution in [0.25, 0.3) is 0 Å². The zero-order chi connectivity index (χ0) is 32.4. The highest BCUT2D eigenvalue weighted by atomic mass is 32.2. The molecule has 2 aliphatic carbocycles. The Hall–Kier alpha value is -2.39. The molecule has 14 heteroatoms. The lowest BCUT2D eigenvalue weighted by Gasteiger charge is -2.31. The second kappa shape index (κ2) is 14.2. The quantitative estimate of drug-likeness (QED) is 0.243. The zero-order valence-corrected chi connectivity index (χ0v) is 27.8. The van der Waals surface area contributed by atoms with E-state index in [0.717, 1.165) is 32.1 Å². The molecular weight excluding hydrogens is 598 g/mol. The van der Waals surface area contributed by atoms with Crippen molar-refractivity contribution in [3.8, 4) is 0 Å². The molecule has 0 aromatic carbocycles. The Labute approximate surface area is 270 Å². The number of hydrogen-bond acceptors (Lipinski definition) is 10. The number of carboxylic acid groups (broad SMARTS) is 1. The minimum Gasteiger partial charge on any atom is -0.479 e. The van der Waals surface area contributed by atoms with E-state index in [9.17, 15) is 24.3 Å². The summed E-state index contributed by atoms with van der Waals surface area (Å²) >= 11 is 1.93. The molecule has 0 bridgehead atoms. The van der Waals surface area contributed by atoms with Gasteiger partial charge < -0.3 is 25.4 Å². The number of aliphatic carboxylic acids is 1. The molecule has 0 aromatic heterocycles. The van der Waals surface area contributed by atoms with Crippen molar-refractivity contribution >= 4 is 35.6 Å². The number of hydrazine groups is 3. The maximum atomic E-state index is 14.2. The summed E-state index contributed by atoms with van der Waals surface area (Å²) in [7, 11) is 0. The van der Waals surface area contributed by atoms with Gasteiger partial charge in [0.25, 0.3) is 0 Å². The van der Waals surface area contributed by atoms with E-state index in [4.69, 9.17) is 4.74 Å². The fraction of sp³-hybridized carbons (Fsp3) is 0.806. The second-order valence-corrected chi connectivity index (χ2v) is 15.4. The van der Waals surface area contributed by atoms with Crippen molar-refractivity contribution in [2.75, 3.05) is 12.8 Å². The third-order valence-corrected chi connectivity index (χ3v) is 11.0. The van der Waals surface area contributed by atoms with Crippen molar-refractivity contribution < 1.29 is 29.0 Å². The number of rotatable bonds is 5. The highest BCUT2D eigenvalue weighted by Crippen LogP contribution is 2.45. The smallest absolute Gasteiger partial charge is 0.408 e. The van der Waals surface area contributed by atoms with Crippen molar-refractivity contribution in [2.45, 2.75) is 132 Å². The topological polar surface area (TPSA) is 164 Å². The van der Waals surface area contributed by atoms with Crippen LogP contribution < -0.4 is 27.0 Å². The van der Waals surface area contributed by atoms with Gasteiger partial charge in [-0.2, -0.15) is 22.4 Å². The van der Waals surface area contributed by atoms with Crippen molar-refractivity contribution in [3.63, 3.8) is 0 Å². The summed E-state index contributed by atoms with van der Waals surface area (Å²) in [5.41, 5.74) is 8.00. The van der Waals surface area contributed by atoms with E-state index >= 15 is 0 Å². The van der Waals surface area contributed by atoms with Crippen LogP contribution in [-0.4, -0.2) is 92.5 Å². The fourth-order valence-corrected chi connectivity index (χ4v) is 7.89. The van der Waals surface area contributed by atoms with Gasteiger partial charge >= 0.3 is 12.1 Å². The summed E-state index contributed by atoms with van der Waals surface area (Å²) in [6.45, 7) is 5.51. The Morgan fingerprint density at radius 3 is 2.56 bits per heavy atom. The van der Waals surface area contributed by atoms with Gasteiger partial charge in [0.05, 0.1) is 12.2 Å². The summed E-state index contributed by atoms with van der Waals surface area (Å²) in [6, 6.07) is -2.06. The van der Waals surface area contributed by atoms with E-state index in [1.165, 1.54) is 17.7 Å². The average Bonchev–Trinajstić information content (AvgIpc) is 3.31. The van der Waals surface area contributed by atoms with Gasteiger partial charge in [-0.15, -0.1) is 0 Å². The third-order valence-electron chi connectivity index (χ3n) is 9.84. The Balaban J connectivity index is 1.35. The molecule has 252 valence electrons. The van der Waals surface area contributed by atoms with Gasteiger partial charge in [0, 0.05) is 17.7 Å². The molecule has 4 fully saturated rings. The maximum Gasteiger partial charge on any atom is 0.408 e. The Morgan fingerprint density at radius 1 is 1.11 bits per heavy atom. The van der Waals surface area contributed by atoms with E-state index in [0.29, 0.717) is 36.9 Å². The highest BCUT2D eigenvalue weighted by Gasteiger charge is 2.61. The van der Waals surface area contributed by atoms with E-state index in [-0.39, 0.29) is 30.6 Å². The summed E-state index contributed by atoms with van der Waals surface area (Å²) in [5, 5.41) is 18.3. The van der Waals surface area contributed by atoms with Crippen molar-refractivity contribution in [1.82, 2.24) is 37.0 Å². The molecule has 3 aliphatic heterocycles. The Kier molecular flexibility index (Phi) is 10.7. The number of thioether (sulfide) groups is 1. The number of alkyl carbamates (subject to hydrolysis) is 1. The van der Waals surface area contributed by atoms with Crippen LogP contribution in [0.15, 0.2) is 12.2 Å². The number of nitrogens with one attached hydrogen (secondary N) is 5. The van der Waals surface area contributed by atoms with Gasteiger partial charge in [-0.1, -0.05) is 25.0 Å². The fourth-order valence-electron chi connectivity index (χ4n) is 7.15.